The lowest BCUT2D eigenvalue weighted by atomic mass is 10.1. The monoisotopic (exact) mass is 525 g/mol. The number of ether oxygens (including phenoxy) is 1. The molecule has 168 valence electrons. The highest BCUT2D eigenvalue weighted by Gasteiger charge is 2.20. The molecule has 1 amide bonds. The average Bonchev–Trinajstić information content (AvgIpc) is 2.80. The predicted molar refractivity (Wildman–Crippen MR) is 131 cm³/mol. The Balaban J connectivity index is 1.74. The van der Waals surface area contributed by atoms with E-state index in [4.69, 9.17) is 4.74 Å². The number of hydrogen-bond donors (Lipinski definition) is 2. The van der Waals surface area contributed by atoms with E-state index in [1.165, 1.54) is 36.4 Å². The van der Waals surface area contributed by atoms with Crippen LogP contribution in [0, 0.1) is 11.3 Å². The first-order valence-electron chi connectivity index (χ1n) is 9.86. The average molecular weight is 526 g/mol. The lowest BCUT2D eigenvalue weighted by Crippen LogP contribution is -2.15. The molecule has 3 rings (SSSR count). The van der Waals surface area contributed by atoms with Gasteiger partial charge in [0.05, 0.1) is 6.61 Å². The van der Waals surface area contributed by atoms with Gasteiger partial charge in [0.1, 0.15) is 22.3 Å². The van der Waals surface area contributed by atoms with Crippen LogP contribution in [-0.4, -0.2) is 20.9 Å². The smallest absolute Gasteiger partial charge is 0.266 e. The van der Waals surface area contributed by atoms with Crippen molar-refractivity contribution in [1.82, 2.24) is 0 Å². The number of halogens is 1. The molecular weight excluding hydrogens is 506 g/mol. The summed E-state index contributed by atoms with van der Waals surface area (Å²) in [6, 6.07) is 21.8. The van der Waals surface area contributed by atoms with Crippen LogP contribution < -0.4 is 14.8 Å². The number of anilines is 2. The third-order valence-electron chi connectivity index (χ3n) is 4.37. The Hall–Kier alpha value is -3.61. The summed E-state index contributed by atoms with van der Waals surface area (Å²) >= 11 is 3.28. The maximum Gasteiger partial charge on any atom is 0.266 e. The number of rotatable bonds is 8. The van der Waals surface area contributed by atoms with Gasteiger partial charge in [0.2, 0.25) is 0 Å². The molecule has 0 aliphatic rings. The summed E-state index contributed by atoms with van der Waals surface area (Å²) in [6.07, 6.45) is 1.49. The third kappa shape index (κ3) is 6.44. The zero-order valence-corrected chi connectivity index (χ0v) is 20.0. The van der Waals surface area contributed by atoms with Crippen LogP contribution in [0.5, 0.6) is 5.75 Å². The molecule has 0 saturated carbocycles. The molecule has 0 aliphatic carbocycles. The number of hydrogen-bond acceptors (Lipinski definition) is 5. The van der Waals surface area contributed by atoms with Gasteiger partial charge >= 0.3 is 0 Å². The van der Waals surface area contributed by atoms with Gasteiger partial charge in [-0.3, -0.25) is 9.52 Å². The standard InChI is InChI=1S/C24H20BrN3O4S/c1-2-32-22-13-8-19(25)15-23(22)33(30,31)28-21-11-9-20(10-12-21)27-24(29)18(16-26)14-17-6-4-3-5-7-17/h3-15,28H,2H2,1H3,(H,27,29)/b18-14+. The van der Waals surface area contributed by atoms with Crippen LogP contribution in [0.4, 0.5) is 11.4 Å². The van der Waals surface area contributed by atoms with E-state index in [-0.39, 0.29) is 16.2 Å². The summed E-state index contributed by atoms with van der Waals surface area (Å²) in [5, 5.41) is 12.0. The highest BCUT2D eigenvalue weighted by atomic mass is 79.9. The number of sulfonamides is 1. The van der Waals surface area contributed by atoms with Crippen LogP contribution in [0.3, 0.4) is 0 Å². The fraction of sp³-hybridized carbons (Fsp3) is 0.0833. The number of amides is 1. The minimum atomic E-state index is -3.92. The van der Waals surface area contributed by atoms with Gasteiger partial charge in [-0.15, -0.1) is 0 Å². The van der Waals surface area contributed by atoms with Crippen molar-refractivity contribution in [3.05, 3.63) is 88.4 Å². The van der Waals surface area contributed by atoms with Crippen LogP contribution in [0.1, 0.15) is 12.5 Å². The van der Waals surface area contributed by atoms with Crippen LogP contribution >= 0.6 is 15.9 Å². The van der Waals surface area contributed by atoms with Crippen LogP contribution in [0.25, 0.3) is 6.08 Å². The number of benzene rings is 3. The first-order chi connectivity index (χ1) is 15.8. The fourth-order valence-corrected chi connectivity index (χ4v) is 4.60. The van der Waals surface area contributed by atoms with Crippen molar-refractivity contribution in [2.24, 2.45) is 0 Å². The summed E-state index contributed by atoms with van der Waals surface area (Å²) in [4.78, 5) is 12.4. The number of nitrogens with one attached hydrogen (secondary N) is 2. The Labute approximate surface area is 200 Å². The molecule has 3 aromatic carbocycles. The van der Waals surface area contributed by atoms with Gasteiger partial charge in [-0.25, -0.2) is 8.42 Å². The van der Waals surface area contributed by atoms with Crippen LogP contribution in [0.15, 0.2) is 87.7 Å². The summed E-state index contributed by atoms with van der Waals surface area (Å²) in [6.45, 7) is 2.09. The number of carbonyl (C=O) groups excluding carboxylic acids is 1. The molecule has 0 saturated heterocycles. The van der Waals surface area contributed by atoms with Gasteiger partial charge in [-0.1, -0.05) is 46.3 Å². The maximum absolute atomic E-state index is 12.9. The van der Waals surface area contributed by atoms with E-state index in [1.807, 2.05) is 24.3 Å². The van der Waals surface area contributed by atoms with Gasteiger partial charge in [0.25, 0.3) is 15.9 Å². The van der Waals surface area contributed by atoms with Gasteiger partial charge in [0, 0.05) is 15.8 Å². The molecular formula is C24H20BrN3O4S. The first-order valence-corrected chi connectivity index (χ1v) is 12.1. The fourth-order valence-electron chi connectivity index (χ4n) is 2.86. The Kier molecular flexibility index (Phi) is 7.87. The molecule has 7 nitrogen and oxygen atoms in total. The lowest BCUT2D eigenvalue weighted by Gasteiger charge is -2.13. The molecule has 0 unspecified atom stereocenters. The molecule has 0 spiro atoms. The normalized spacial score (nSPS) is 11.4. The van der Waals surface area contributed by atoms with Crippen LogP contribution in [-0.2, 0) is 14.8 Å². The lowest BCUT2D eigenvalue weighted by molar-refractivity contribution is -0.112. The molecule has 0 fully saturated rings. The van der Waals surface area contributed by atoms with E-state index < -0.39 is 15.9 Å². The second kappa shape index (κ2) is 10.8. The molecule has 0 bridgehead atoms. The minimum absolute atomic E-state index is 0.000755. The van der Waals surface area contributed by atoms with E-state index in [1.54, 1.807) is 31.2 Å². The highest BCUT2D eigenvalue weighted by Crippen LogP contribution is 2.29. The third-order valence-corrected chi connectivity index (χ3v) is 6.26. The number of nitriles is 1. The van der Waals surface area contributed by atoms with Gasteiger partial charge in [0.15, 0.2) is 0 Å². The highest BCUT2D eigenvalue weighted by molar-refractivity contribution is 9.10. The van der Waals surface area contributed by atoms with Gasteiger partial charge in [-0.2, -0.15) is 5.26 Å². The molecule has 0 heterocycles. The quantitative estimate of drug-likeness (QED) is 0.310. The van der Waals surface area contributed by atoms with Crippen molar-refractivity contribution in [3.8, 4) is 11.8 Å². The SMILES string of the molecule is CCOc1ccc(Br)cc1S(=O)(=O)Nc1ccc(NC(=O)/C(C#N)=C/c2ccccc2)cc1. The largest absolute Gasteiger partial charge is 0.492 e. The molecule has 0 atom stereocenters. The molecule has 0 aliphatic heterocycles. The summed E-state index contributed by atoms with van der Waals surface area (Å²) in [7, 11) is -3.92. The molecule has 3 aromatic rings. The second-order valence-corrected chi connectivity index (χ2v) is 9.31. The molecule has 0 aromatic heterocycles. The van der Waals surface area contributed by atoms with Gasteiger partial charge in [-0.05, 0) is 61.0 Å². The zero-order chi connectivity index (χ0) is 23.8. The van der Waals surface area contributed by atoms with Crippen molar-refractivity contribution in [1.29, 1.82) is 5.26 Å². The molecule has 9 heteroatoms. The van der Waals surface area contributed by atoms with Crippen molar-refractivity contribution in [2.45, 2.75) is 11.8 Å². The van der Waals surface area contributed by atoms with E-state index in [9.17, 15) is 18.5 Å². The second-order valence-electron chi connectivity index (χ2n) is 6.74. The van der Waals surface area contributed by atoms with Gasteiger partial charge < -0.3 is 10.1 Å². The van der Waals surface area contributed by atoms with E-state index in [0.717, 1.165) is 5.56 Å². The van der Waals surface area contributed by atoms with Crippen LogP contribution in [0.2, 0.25) is 0 Å². The number of carbonyl (C=O) groups is 1. The minimum Gasteiger partial charge on any atom is -0.492 e. The summed E-state index contributed by atoms with van der Waals surface area (Å²) < 4.78 is 34.3. The Morgan fingerprint density at radius 1 is 1.06 bits per heavy atom. The Bertz CT molecular complexity index is 1320. The van der Waals surface area contributed by atoms with E-state index in [2.05, 4.69) is 26.0 Å². The maximum atomic E-state index is 12.9. The van der Waals surface area contributed by atoms with Crippen molar-refractivity contribution in [2.75, 3.05) is 16.6 Å². The zero-order valence-electron chi connectivity index (χ0n) is 17.6. The first kappa shape index (κ1) is 24.0. The molecule has 33 heavy (non-hydrogen) atoms. The topological polar surface area (TPSA) is 108 Å². The van der Waals surface area contributed by atoms with Crippen molar-refractivity contribution < 1.29 is 17.9 Å². The summed E-state index contributed by atoms with van der Waals surface area (Å²) in [5.41, 5.74) is 1.39. The molecule has 2 N–H and O–H groups in total. The van der Waals surface area contributed by atoms with E-state index >= 15 is 0 Å². The Morgan fingerprint density at radius 3 is 2.36 bits per heavy atom. The van der Waals surface area contributed by atoms with E-state index in [0.29, 0.717) is 22.5 Å². The Morgan fingerprint density at radius 2 is 1.73 bits per heavy atom. The number of nitrogens with zero attached hydrogens (tertiary/aromatic N) is 1. The predicted octanol–water partition coefficient (Wildman–Crippen LogP) is 5.19. The molecule has 0 radical (unpaired) electrons. The van der Waals surface area contributed by atoms with Crippen molar-refractivity contribution in [3.63, 3.8) is 0 Å². The summed E-state index contributed by atoms with van der Waals surface area (Å²) in [5.74, 6) is -0.323. The van der Waals surface area contributed by atoms with Crippen molar-refractivity contribution >= 4 is 49.3 Å².